The molecular weight excluding hydrogens is 154 g/mol. The highest BCUT2D eigenvalue weighted by atomic mass is 16.1. The van der Waals surface area contributed by atoms with Crippen molar-refractivity contribution >= 4 is 5.78 Å². The molecule has 0 radical (unpaired) electrons. The Kier molecular flexibility index (Phi) is 1.69. The summed E-state index contributed by atoms with van der Waals surface area (Å²) >= 11 is 0. The smallest absolute Gasteiger partial charge is 0.203 e. The molecule has 64 valence electrons. The van der Waals surface area contributed by atoms with E-state index in [0.29, 0.717) is 5.82 Å². The van der Waals surface area contributed by atoms with Gasteiger partial charge in [0.05, 0.1) is 5.92 Å². The fourth-order valence-electron chi connectivity index (χ4n) is 1.26. The molecule has 0 aromatic carbocycles. The van der Waals surface area contributed by atoms with Gasteiger partial charge >= 0.3 is 0 Å². The number of hydrogen-bond donors (Lipinski definition) is 1. The average Bonchev–Trinajstić information content (AvgIpc) is 2.31. The highest BCUT2D eigenvalue weighted by Gasteiger charge is 2.27. The molecule has 1 aromatic heterocycles. The number of carbonyl (C=O) groups excluding carboxylic acids is 1. The number of imidazole rings is 1. The number of aromatic nitrogens is 2. The first-order valence-corrected chi connectivity index (χ1v) is 4.01. The van der Waals surface area contributed by atoms with Crippen LogP contribution < -0.4 is 5.32 Å². The monoisotopic (exact) mass is 165 g/mol. The number of rotatable bonds is 2. The Bertz CT molecular complexity index is 301. The number of Topliss-reactive ketones (excluding diaryl/α,β-unsaturated/α-hetero) is 1. The molecule has 2 heterocycles. The maximum atomic E-state index is 11.6. The van der Waals surface area contributed by atoms with E-state index in [1.54, 1.807) is 17.0 Å². The molecule has 0 atom stereocenters. The maximum Gasteiger partial charge on any atom is 0.203 e. The molecule has 0 spiro atoms. The molecule has 12 heavy (non-hydrogen) atoms. The second-order valence-electron chi connectivity index (χ2n) is 3.08. The summed E-state index contributed by atoms with van der Waals surface area (Å²) in [4.78, 5) is 15.6. The third-order valence-electron chi connectivity index (χ3n) is 2.19. The summed E-state index contributed by atoms with van der Waals surface area (Å²) in [6, 6.07) is 0. The minimum Gasteiger partial charge on any atom is -0.332 e. The van der Waals surface area contributed by atoms with Crippen molar-refractivity contribution in [1.82, 2.24) is 14.9 Å². The lowest BCUT2D eigenvalue weighted by atomic mass is 9.97. The van der Waals surface area contributed by atoms with Gasteiger partial charge in [-0.1, -0.05) is 0 Å². The first-order chi connectivity index (χ1) is 5.79. The van der Waals surface area contributed by atoms with Gasteiger partial charge in [0.15, 0.2) is 5.82 Å². The van der Waals surface area contributed by atoms with E-state index in [1.807, 2.05) is 7.05 Å². The van der Waals surface area contributed by atoms with Crippen molar-refractivity contribution in [2.24, 2.45) is 13.0 Å². The molecule has 1 N–H and O–H groups in total. The van der Waals surface area contributed by atoms with Crippen LogP contribution in [0, 0.1) is 5.92 Å². The van der Waals surface area contributed by atoms with Crippen molar-refractivity contribution in [2.45, 2.75) is 0 Å². The highest BCUT2D eigenvalue weighted by Crippen LogP contribution is 2.10. The highest BCUT2D eigenvalue weighted by molar-refractivity contribution is 5.95. The first-order valence-electron chi connectivity index (χ1n) is 4.01. The summed E-state index contributed by atoms with van der Waals surface area (Å²) in [7, 11) is 1.84. The Morgan fingerprint density at radius 1 is 1.75 bits per heavy atom. The van der Waals surface area contributed by atoms with E-state index in [1.165, 1.54) is 0 Å². The van der Waals surface area contributed by atoms with Crippen LogP contribution in [0.4, 0.5) is 0 Å². The van der Waals surface area contributed by atoms with Gasteiger partial charge in [-0.2, -0.15) is 0 Å². The third-order valence-corrected chi connectivity index (χ3v) is 2.19. The zero-order valence-corrected chi connectivity index (χ0v) is 6.95. The fraction of sp³-hybridized carbons (Fsp3) is 0.500. The molecular formula is C8H11N3O. The van der Waals surface area contributed by atoms with Crippen LogP contribution in [0.15, 0.2) is 12.4 Å². The molecule has 1 aliphatic heterocycles. The second kappa shape index (κ2) is 2.71. The van der Waals surface area contributed by atoms with E-state index in [-0.39, 0.29) is 11.7 Å². The van der Waals surface area contributed by atoms with Gasteiger partial charge in [0, 0.05) is 32.5 Å². The van der Waals surface area contributed by atoms with E-state index in [0.717, 1.165) is 13.1 Å². The van der Waals surface area contributed by atoms with Crippen LogP contribution in [0.25, 0.3) is 0 Å². The van der Waals surface area contributed by atoms with Crippen molar-refractivity contribution in [3.8, 4) is 0 Å². The van der Waals surface area contributed by atoms with Gasteiger partial charge < -0.3 is 9.88 Å². The molecule has 1 fully saturated rings. The van der Waals surface area contributed by atoms with Crippen LogP contribution in [-0.4, -0.2) is 28.4 Å². The topological polar surface area (TPSA) is 46.9 Å². The third kappa shape index (κ3) is 1.04. The predicted octanol–water partition coefficient (Wildman–Crippen LogP) is -0.178. The van der Waals surface area contributed by atoms with Crippen molar-refractivity contribution in [3.05, 3.63) is 18.2 Å². The van der Waals surface area contributed by atoms with Crippen LogP contribution in [0.2, 0.25) is 0 Å². The van der Waals surface area contributed by atoms with Crippen LogP contribution in [0.5, 0.6) is 0 Å². The van der Waals surface area contributed by atoms with Crippen LogP contribution in [-0.2, 0) is 7.05 Å². The number of aryl methyl sites for hydroxylation is 1. The Morgan fingerprint density at radius 3 is 2.92 bits per heavy atom. The summed E-state index contributed by atoms with van der Waals surface area (Å²) in [5, 5.41) is 3.07. The Morgan fingerprint density at radius 2 is 2.50 bits per heavy atom. The van der Waals surface area contributed by atoms with Gasteiger partial charge in [-0.25, -0.2) is 4.98 Å². The first kappa shape index (κ1) is 7.49. The quantitative estimate of drug-likeness (QED) is 0.618. The summed E-state index contributed by atoms with van der Waals surface area (Å²) < 4.78 is 1.76. The lowest BCUT2D eigenvalue weighted by Gasteiger charge is -2.24. The van der Waals surface area contributed by atoms with Gasteiger partial charge in [0.25, 0.3) is 0 Å². The molecule has 0 saturated carbocycles. The molecule has 1 aliphatic rings. The number of carbonyl (C=O) groups is 1. The zero-order valence-electron chi connectivity index (χ0n) is 6.95. The van der Waals surface area contributed by atoms with Crippen molar-refractivity contribution in [3.63, 3.8) is 0 Å². The molecule has 2 rings (SSSR count). The van der Waals surface area contributed by atoms with E-state index in [9.17, 15) is 4.79 Å². The standard InChI is InChI=1S/C8H11N3O/c1-11-3-2-10-8(11)7(12)6-4-9-5-6/h2-3,6,9H,4-5H2,1H3. The average molecular weight is 165 g/mol. The number of hydrogen-bond acceptors (Lipinski definition) is 3. The summed E-state index contributed by atoms with van der Waals surface area (Å²) in [5.74, 6) is 0.869. The summed E-state index contributed by atoms with van der Waals surface area (Å²) in [6.45, 7) is 1.59. The van der Waals surface area contributed by atoms with Crippen LogP contribution in [0.1, 0.15) is 10.6 Å². The van der Waals surface area contributed by atoms with Crippen molar-refractivity contribution in [1.29, 1.82) is 0 Å². The SMILES string of the molecule is Cn1ccnc1C(=O)C1CNC1. The number of nitrogens with one attached hydrogen (secondary N) is 1. The molecule has 1 aromatic rings. The van der Waals surface area contributed by atoms with E-state index in [2.05, 4.69) is 10.3 Å². The lowest BCUT2D eigenvalue weighted by molar-refractivity contribution is 0.0864. The van der Waals surface area contributed by atoms with Gasteiger partial charge in [-0.05, 0) is 0 Å². The minimum absolute atomic E-state index is 0.145. The molecule has 4 heteroatoms. The lowest BCUT2D eigenvalue weighted by Crippen LogP contribution is -2.47. The largest absolute Gasteiger partial charge is 0.332 e. The molecule has 1 saturated heterocycles. The zero-order chi connectivity index (χ0) is 8.55. The molecule has 0 amide bonds. The normalized spacial score (nSPS) is 17.4. The van der Waals surface area contributed by atoms with Crippen LogP contribution >= 0.6 is 0 Å². The Hall–Kier alpha value is -1.16. The van der Waals surface area contributed by atoms with Crippen LogP contribution in [0.3, 0.4) is 0 Å². The minimum atomic E-state index is 0.145. The van der Waals surface area contributed by atoms with Gasteiger partial charge in [0.1, 0.15) is 0 Å². The van der Waals surface area contributed by atoms with Crippen molar-refractivity contribution in [2.75, 3.05) is 13.1 Å². The number of nitrogens with zero attached hydrogens (tertiary/aromatic N) is 2. The van der Waals surface area contributed by atoms with E-state index >= 15 is 0 Å². The number of ketones is 1. The molecule has 0 aliphatic carbocycles. The summed E-state index contributed by atoms with van der Waals surface area (Å²) in [5.41, 5.74) is 0. The fourth-order valence-corrected chi connectivity index (χ4v) is 1.26. The summed E-state index contributed by atoms with van der Waals surface area (Å²) in [6.07, 6.45) is 3.44. The van der Waals surface area contributed by atoms with Gasteiger partial charge in [-0.15, -0.1) is 0 Å². The predicted molar refractivity (Wildman–Crippen MR) is 43.9 cm³/mol. The Labute approximate surface area is 70.6 Å². The van der Waals surface area contributed by atoms with E-state index in [4.69, 9.17) is 0 Å². The molecule has 4 nitrogen and oxygen atoms in total. The van der Waals surface area contributed by atoms with Gasteiger partial charge in [-0.3, -0.25) is 4.79 Å². The second-order valence-corrected chi connectivity index (χ2v) is 3.08. The van der Waals surface area contributed by atoms with E-state index < -0.39 is 0 Å². The molecule has 0 unspecified atom stereocenters. The maximum absolute atomic E-state index is 11.6. The van der Waals surface area contributed by atoms with Crippen molar-refractivity contribution < 1.29 is 4.79 Å². The molecule has 0 bridgehead atoms. The Balaban J connectivity index is 2.19. The van der Waals surface area contributed by atoms with Gasteiger partial charge in [0.2, 0.25) is 5.78 Å².